The minimum atomic E-state index is -0.312. The molecule has 2 rings (SSSR count). The van der Waals surface area contributed by atoms with Gasteiger partial charge in [-0.2, -0.15) is 0 Å². The number of carbonyl (C=O) groups is 1. The highest BCUT2D eigenvalue weighted by Gasteiger charge is 2.29. The average Bonchev–Trinajstić information content (AvgIpc) is 2.33. The molecule has 1 aromatic carbocycles. The predicted molar refractivity (Wildman–Crippen MR) is 67.2 cm³/mol. The van der Waals surface area contributed by atoms with E-state index in [-0.39, 0.29) is 11.9 Å². The van der Waals surface area contributed by atoms with Crippen LogP contribution in [0.4, 0.5) is 0 Å². The van der Waals surface area contributed by atoms with Crippen LogP contribution in [0.5, 0.6) is 5.75 Å². The van der Waals surface area contributed by atoms with Crippen molar-refractivity contribution < 1.29 is 9.53 Å². The molecule has 1 atom stereocenters. The Balaban J connectivity index is 2.01. The molecule has 0 N–H and O–H groups in total. The number of carbonyl (C=O) groups excluding carboxylic acids is 1. The van der Waals surface area contributed by atoms with Crippen LogP contribution in [0.25, 0.3) is 0 Å². The second-order valence-corrected chi connectivity index (χ2v) is 4.72. The standard InChI is InChI=1S/C14H19NO2/c1-11(2)15-9-8-13(16)14(10-15)17-12-6-4-3-5-7-12/h3-7,11,14H,8-10H2,1-2H3. The molecule has 3 nitrogen and oxygen atoms in total. The number of rotatable bonds is 3. The van der Waals surface area contributed by atoms with E-state index in [4.69, 9.17) is 4.74 Å². The molecular weight excluding hydrogens is 214 g/mol. The van der Waals surface area contributed by atoms with Gasteiger partial charge in [0.25, 0.3) is 0 Å². The molecule has 1 saturated heterocycles. The highest BCUT2D eigenvalue weighted by Crippen LogP contribution is 2.17. The summed E-state index contributed by atoms with van der Waals surface area (Å²) in [4.78, 5) is 14.1. The van der Waals surface area contributed by atoms with E-state index in [0.29, 0.717) is 19.0 Å². The Hall–Kier alpha value is -1.35. The maximum atomic E-state index is 11.8. The molecule has 0 aromatic heterocycles. The van der Waals surface area contributed by atoms with E-state index >= 15 is 0 Å². The van der Waals surface area contributed by atoms with Crippen molar-refractivity contribution >= 4 is 5.78 Å². The molecule has 1 fully saturated rings. The van der Waals surface area contributed by atoms with Crippen LogP contribution in [0.3, 0.4) is 0 Å². The lowest BCUT2D eigenvalue weighted by Crippen LogP contribution is -2.49. The van der Waals surface area contributed by atoms with Crippen LogP contribution in [0.2, 0.25) is 0 Å². The van der Waals surface area contributed by atoms with Gasteiger partial charge in [0.1, 0.15) is 5.75 Å². The molecule has 0 bridgehead atoms. The molecule has 0 saturated carbocycles. The number of likely N-dealkylation sites (tertiary alicyclic amines) is 1. The minimum Gasteiger partial charge on any atom is -0.481 e. The van der Waals surface area contributed by atoms with Crippen LogP contribution >= 0.6 is 0 Å². The highest BCUT2D eigenvalue weighted by molar-refractivity contribution is 5.84. The highest BCUT2D eigenvalue weighted by atomic mass is 16.5. The van der Waals surface area contributed by atoms with E-state index in [2.05, 4.69) is 18.7 Å². The zero-order chi connectivity index (χ0) is 12.3. The first-order valence-corrected chi connectivity index (χ1v) is 6.15. The Morgan fingerprint density at radius 3 is 2.65 bits per heavy atom. The minimum absolute atomic E-state index is 0.214. The molecular formula is C14H19NO2. The summed E-state index contributed by atoms with van der Waals surface area (Å²) in [6, 6.07) is 10.0. The Labute approximate surface area is 102 Å². The van der Waals surface area contributed by atoms with Crippen LogP contribution in [-0.2, 0) is 4.79 Å². The second-order valence-electron chi connectivity index (χ2n) is 4.72. The van der Waals surface area contributed by atoms with E-state index in [1.54, 1.807) is 0 Å². The monoisotopic (exact) mass is 233 g/mol. The van der Waals surface area contributed by atoms with E-state index in [1.807, 2.05) is 30.3 Å². The van der Waals surface area contributed by atoms with Crippen LogP contribution in [0.15, 0.2) is 30.3 Å². The zero-order valence-corrected chi connectivity index (χ0v) is 10.4. The Kier molecular flexibility index (Phi) is 3.79. The molecule has 0 radical (unpaired) electrons. The van der Waals surface area contributed by atoms with Gasteiger partial charge in [-0.1, -0.05) is 18.2 Å². The van der Waals surface area contributed by atoms with Gasteiger partial charge in [-0.3, -0.25) is 9.69 Å². The first-order chi connectivity index (χ1) is 8.16. The average molecular weight is 233 g/mol. The Morgan fingerprint density at radius 2 is 2.00 bits per heavy atom. The third kappa shape index (κ3) is 3.07. The number of benzene rings is 1. The topological polar surface area (TPSA) is 29.5 Å². The maximum Gasteiger partial charge on any atom is 0.175 e. The molecule has 1 aromatic rings. The molecule has 17 heavy (non-hydrogen) atoms. The zero-order valence-electron chi connectivity index (χ0n) is 10.4. The first kappa shape index (κ1) is 12.1. The SMILES string of the molecule is CC(C)N1CCC(=O)C(Oc2ccccc2)C1. The molecule has 92 valence electrons. The molecule has 0 aliphatic carbocycles. The maximum absolute atomic E-state index is 11.8. The fourth-order valence-electron chi connectivity index (χ4n) is 2.06. The van der Waals surface area contributed by atoms with Crippen LogP contribution in [0, 0.1) is 0 Å². The van der Waals surface area contributed by atoms with Crippen molar-refractivity contribution in [1.29, 1.82) is 0 Å². The number of piperidine rings is 1. The van der Waals surface area contributed by atoms with Gasteiger partial charge in [0.15, 0.2) is 11.9 Å². The van der Waals surface area contributed by atoms with E-state index < -0.39 is 0 Å². The molecule has 3 heteroatoms. The van der Waals surface area contributed by atoms with E-state index in [9.17, 15) is 4.79 Å². The van der Waals surface area contributed by atoms with Gasteiger partial charge < -0.3 is 4.74 Å². The molecule has 1 aliphatic rings. The number of nitrogens with zero attached hydrogens (tertiary/aromatic N) is 1. The van der Waals surface area contributed by atoms with Crippen molar-refractivity contribution in [2.75, 3.05) is 13.1 Å². The number of hydrogen-bond donors (Lipinski definition) is 0. The largest absolute Gasteiger partial charge is 0.481 e. The van der Waals surface area contributed by atoms with Crippen LogP contribution < -0.4 is 4.74 Å². The Bertz CT molecular complexity index is 375. The summed E-state index contributed by atoms with van der Waals surface area (Å²) in [5.74, 6) is 0.988. The molecule has 0 amide bonds. The lowest BCUT2D eigenvalue weighted by molar-refractivity contribution is -0.130. The fraction of sp³-hybridized carbons (Fsp3) is 0.500. The molecule has 1 heterocycles. The third-order valence-electron chi connectivity index (χ3n) is 3.16. The number of para-hydroxylation sites is 1. The Morgan fingerprint density at radius 1 is 1.29 bits per heavy atom. The summed E-state index contributed by atoms with van der Waals surface area (Å²) in [5.41, 5.74) is 0. The van der Waals surface area contributed by atoms with E-state index in [1.165, 1.54) is 0 Å². The van der Waals surface area contributed by atoms with Gasteiger partial charge in [0.05, 0.1) is 0 Å². The van der Waals surface area contributed by atoms with Gasteiger partial charge >= 0.3 is 0 Å². The summed E-state index contributed by atoms with van der Waals surface area (Å²) in [6.07, 6.45) is 0.281. The normalized spacial score (nSPS) is 21.8. The van der Waals surface area contributed by atoms with Crippen molar-refractivity contribution in [3.8, 4) is 5.75 Å². The second kappa shape index (κ2) is 5.32. The van der Waals surface area contributed by atoms with Crippen molar-refractivity contribution in [1.82, 2.24) is 4.90 Å². The number of hydrogen-bond acceptors (Lipinski definition) is 3. The van der Waals surface area contributed by atoms with Gasteiger partial charge in [-0.15, -0.1) is 0 Å². The summed E-state index contributed by atoms with van der Waals surface area (Å²) >= 11 is 0. The van der Waals surface area contributed by atoms with Crippen LogP contribution in [0.1, 0.15) is 20.3 Å². The summed E-state index contributed by atoms with van der Waals surface area (Å²) in [6.45, 7) is 5.85. The third-order valence-corrected chi connectivity index (χ3v) is 3.16. The van der Waals surface area contributed by atoms with Crippen LogP contribution in [-0.4, -0.2) is 35.9 Å². The van der Waals surface area contributed by atoms with Crippen molar-refractivity contribution in [2.24, 2.45) is 0 Å². The fourth-order valence-corrected chi connectivity index (χ4v) is 2.06. The van der Waals surface area contributed by atoms with Crippen molar-refractivity contribution in [3.05, 3.63) is 30.3 Å². The number of ether oxygens (including phenoxy) is 1. The predicted octanol–water partition coefficient (Wildman–Crippen LogP) is 2.12. The van der Waals surface area contributed by atoms with Crippen molar-refractivity contribution in [2.45, 2.75) is 32.4 Å². The number of Topliss-reactive ketones (excluding diaryl/α,β-unsaturated/α-hetero) is 1. The summed E-state index contributed by atoms with van der Waals surface area (Å²) in [5, 5.41) is 0. The lowest BCUT2D eigenvalue weighted by atomic mass is 10.1. The van der Waals surface area contributed by atoms with E-state index in [0.717, 1.165) is 12.3 Å². The quantitative estimate of drug-likeness (QED) is 0.801. The lowest BCUT2D eigenvalue weighted by Gasteiger charge is -2.34. The number of ketones is 1. The molecule has 1 aliphatic heterocycles. The summed E-state index contributed by atoms with van der Waals surface area (Å²) in [7, 11) is 0. The van der Waals surface area contributed by atoms with Gasteiger partial charge in [0.2, 0.25) is 0 Å². The van der Waals surface area contributed by atoms with Gasteiger partial charge in [-0.05, 0) is 26.0 Å². The van der Waals surface area contributed by atoms with Crippen molar-refractivity contribution in [3.63, 3.8) is 0 Å². The smallest absolute Gasteiger partial charge is 0.175 e. The first-order valence-electron chi connectivity index (χ1n) is 6.15. The van der Waals surface area contributed by atoms with Gasteiger partial charge in [0, 0.05) is 25.6 Å². The van der Waals surface area contributed by atoms with Gasteiger partial charge in [-0.25, -0.2) is 0 Å². The molecule has 0 spiro atoms. The molecule has 1 unspecified atom stereocenters. The summed E-state index contributed by atoms with van der Waals surface area (Å²) < 4.78 is 5.76.